The molecule has 1 aromatic rings. The number of hydrogen-bond donors (Lipinski definition) is 3. The number of alkyl carbamates (subject to hydrolysis) is 1. The Labute approximate surface area is 122 Å². The molecule has 0 bridgehead atoms. The highest BCUT2D eigenvalue weighted by Crippen LogP contribution is 2.48. The summed E-state index contributed by atoms with van der Waals surface area (Å²) in [4.78, 5) is 22.7. The fourth-order valence-electron chi connectivity index (χ4n) is 2.56. The third-order valence-corrected chi connectivity index (χ3v) is 3.74. The molecule has 2 unspecified atom stereocenters. The fraction of sp³-hybridized carbons (Fsp3) is 0.467. The van der Waals surface area contributed by atoms with Crippen molar-refractivity contribution in [1.29, 1.82) is 0 Å². The van der Waals surface area contributed by atoms with Crippen LogP contribution in [0.15, 0.2) is 30.3 Å². The van der Waals surface area contributed by atoms with Crippen molar-refractivity contribution in [2.24, 2.45) is 5.92 Å². The number of ether oxygens (including phenoxy) is 1. The fourth-order valence-corrected chi connectivity index (χ4v) is 2.56. The average molecular weight is 293 g/mol. The second-order valence-electron chi connectivity index (χ2n) is 5.33. The molecule has 21 heavy (non-hydrogen) atoms. The number of carbonyl (C=O) groups excluding carboxylic acids is 1. The summed E-state index contributed by atoms with van der Waals surface area (Å²) in [6.07, 6.45) is 0.255. The van der Waals surface area contributed by atoms with Gasteiger partial charge in [-0.1, -0.05) is 30.3 Å². The van der Waals surface area contributed by atoms with Gasteiger partial charge in [0.2, 0.25) is 0 Å². The highest BCUT2D eigenvalue weighted by molar-refractivity contribution is 5.74. The van der Waals surface area contributed by atoms with Crippen LogP contribution in [0.3, 0.4) is 0 Å². The van der Waals surface area contributed by atoms with Crippen LogP contribution in [0.25, 0.3) is 0 Å². The van der Waals surface area contributed by atoms with Crippen molar-refractivity contribution in [2.75, 3.05) is 6.61 Å². The zero-order chi connectivity index (χ0) is 15.3. The molecule has 6 heteroatoms. The molecule has 1 aliphatic carbocycles. The van der Waals surface area contributed by atoms with Gasteiger partial charge in [-0.2, -0.15) is 0 Å². The zero-order valence-corrected chi connectivity index (χ0v) is 11.6. The van der Waals surface area contributed by atoms with Crippen LogP contribution in [-0.4, -0.2) is 34.4 Å². The Bertz CT molecular complexity index is 504. The van der Waals surface area contributed by atoms with Gasteiger partial charge >= 0.3 is 12.1 Å². The van der Waals surface area contributed by atoms with Gasteiger partial charge < -0.3 is 20.3 Å². The van der Waals surface area contributed by atoms with Crippen molar-refractivity contribution >= 4 is 12.1 Å². The lowest BCUT2D eigenvalue weighted by molar-refractivity contribution is -0.137. The van der Waals surface area contributed by atoms with Gasteiger partial charge in [0.25, 0.3) is 0 Å². The van der Waals surface area contributed by atoms with Crippen LogP contribution >= 0.6 is 0 Å². The van der Waals surface area contributed by atoms with Gasteiger partial charge in [-0.05, 0) is 24.3 Å². The van der Waals surface area contributed by atoms with Gasteiger partial charge in [0.1, 0.15) is 6.61 Å². The molecule has 3 N–H and O–H groups in total. The molecule has 0 spiro atoms. The van der Waals surface area contributed by atoms with E-state index in [4.69, 9.17) is 14.9 Å². The predicted molar refractivity (Wildman–Crippen MR) is 74.6 cm³/mol. The highest BCUT2D eigenvalue weighted by atomic mass is 16.5. The van der Waals surface area contributed by atoms with Gasteiger partial charge in [-0.25, -0.2) is 4.79 Å². The summed E-state index contributed by atoms with van der Waals surface area (Å²) in [5, 5.41) is 20.5. The van der Waals surface area contributed by atoms with Crippen molar-refractivity contribution in [3.63, 3.8) is 0 Å². The van der Waals surface area contributed by atoms with Gasteiger partial charge in [0.15, 0.2) is 0 Å². The first-order valence-electron chi connectivity index (χ1n) is 6.87. The first kappa shape index (κ1) is 15.3. The van der Waals surface area contributed by atoms with Crippen LogP contribution in [0.2, 0.25) is 0 Å². The van der Waals surface area contributed by atoms with Crippen molar-refractivity contribution < 1.29 is 24.5 Å². The Balaban J connectivity index is 1.86. The molecule has 0 aliphatic heterocycles. The summed E-state index contributed by atoms with van der Waals surface area (Å²) < 4.78 is 5.11. The summed E-state index contributed by atoms with van der Waals surface area (Å²) in [5.41, 5.74) is 0.0881. The summed E-state index contributed by atoms with van der Waals surface area (Å²) in [6, 6.07) is 9.24. The van der Waals surface area contributed by atoms with E-state index in [2.05, 4.69) is 5.32 Å². The van der Waals surface area contributed by atoms with Gasteiger partial charge in [-0.15, -0.1) is 0 Å². The molecule has 6 nitrogen and oxygen atoms in total. The number of aliphatic carboxylic acids is 1. The predicted octanol–water partition coefficient (Wildman–Crippen LogP) is 1.53. The maximum atomic E-state index is 11.8. The minimum Gasteiger partial charge on any atom is -0.481 e. The van der Waals surface area contributed by atoms with E-state index in [0.717, 1.165) is 5.56 Å². The third kappa shape index (κ3) is 4.19. The molecule has 2 rings (SSSR count). The summed E-state index contributed by atoms with van der Waals surface area (Å²) in [7, 11) is 0. The summed E-state index contributed by atoms with van der Waals surface area (Å²) >= 11 is 0. The Morgan fingerprint density at radius 3 is 2.67 bits per heavy atom. The number of nitrogens with one attached hydrogen (secondary N) is 1. The maximum Gasteiger partial charge on any atom is 0.407 e. The second-order valence-corrected chi connectivity index (χ2v) is 5.33. The number of hydrogen-bond acceptors (Lipinski definition) is 4. The molecule has 0 saturated heterocycles. The zero-order valence-electron chi connectivity index (χ0n) is 11.6. The number of rotatable bonds is 7. The topological polar surface area (TPSA) is 95.9 Å². The molecule has 1 aliphatic rings. The van der Waals surface area contributed by atoms with Crippen LogP contribution < -0.4 is 5.32 Å². The molecular formula is C15H19NO5. The maximum absolute atomic E-state index is 11.8. The number of aliphatic hydroxyl groups is 1. The standard InChI is InChI=1S/C15H19NO5/c17-7-6-12-8-15(12,9-13(18)19)16-14(20)21-10-11-4-2-1-3-5-11/h1-5,12,17H,6-10H2,(H,16,20)(H,18,19). The Hall–Kier alpha value is -2.08. The minimum atomic E-state index is -0.973. The molecule has 0 aromatic heterocycles. The number of benzene rings is 1. The summed E-state index contributed by atoms with van der Waals surface area (Å²) in [6.45, 7) is 0.118. The van der Waals surface area contributed by atoms with Gasteiger partial charge in [0.05, 0.1) is 12.0 Å². The Morgan fingerprint density at radius 1 is 1.33 bits per heavy atom. The summed E-state index contributed by atoms with van der Waals surface area (Å²) in [5.74, 6) is -0.985. The van der Waals surface area contributed by atoms with E-state index < -0.39 is 17.6 Å². The molecule has 2 atom stereocenters. The van der Waals surface area contributed by atoms with E-state index in [1.54, 1.807) is 0 Å². The number of aliphatic hydroxyl groups excluding tert-OH is 1. The second kappa shape index (κ2) is 6.58. The largest absolute Gasteiger partial charge is 0.481 e. The monoisotopic (exact) mass is 293 g/mol. The lowest BCUT2D eigenvalue weighted by atomic mass is 10.1. The Morgan fingerprint density at radius 2 is 2.05 bits per heavy atom. The number of carbonyl (C=O) groups is 2. The molecule has 1 saturated carbocycles. The minimum absolute atomic E-state index is 0.0112. The normalized spacial score (nSPS) is 23.4. The van der Waals surface area contributed by atoms with Crippen LogP contribution in [-0.2, 0) is 16.1 Å². The van der Waals surface area contributed by atoms with E-state index in [1.165, 1.54) is 0 Å². The van der Waals surface area contributed by atoms with Crippen LogP contribution in [0.4, 0.5) is 4.79 Å². The Kier molecular flexibility index (Phi) is 4.80. The van der Waals surface area contributed by atoms with Crippen LogP contribution in [0.5, 0.6) is 0 Å². The molecular weight excluding hydrogens is 274 g/mol. The van der Waals surface area contributed by atoms with Gasteiger partial charge in [0, 0.05) is 6.61 Å². The van der Waals surface area contributed by atoms with E-state index >= 15 is 0 Å². The van der Waals surface area contributed by atoms with Crippen molar-refractivity contribution in [1.82, 2.24) is 5.32 Å². The molecule has 1 fully saturated rings. The molecule has 1 amide bonds. The van der Waals surface area contributed by atoms with Crippen molar-refractivity contribution in [2.45, 2.75) is 31.4 Å². The first-order valence-corrected chi connectivity index (χ1v) is 6.87. The lowest BCUT2D eigenvalue weighted by Crippen LogP contribution is -2.40. The molecule has 0 heterocycles. The van der Waals surface area contributed by atoms with E-state index in [9.17, 15) is 9.59 Å². The molecule has 0 radical (unpaired) electrons. The van der Waals surface area contributed by atoms with E-state index in [1.807, 2.05) is 30.3 Å². The number of carboxylic acid groups (broad SMARTS) is 1. The van der Waals surface area contributed by atoms with Crippen molar-refractivity contribution in [3.8, 4) is 0 Å². The smallest absolute Gasteiger partial charge is 0.407 e. The van der Waals surface area contributed by atoms with Gasteiger partial charge in [-0.3, -0.25) is 4.79 Å². The highest BCUT2D eigenvalue weighted by Gasteiger charge is 2.56. The first-order chi connectivity index (χ1) is 10.1. The third-order valence-electron chi connectivity index (χ3n) is 3.74. The van der Waals surface area contributed by atoms with Crippen LogP contribution in [0.1, 0.15) is 24.8 Å². The SMILES string of the molecule is O=C(O)CC1(NC(=O)OCc2ccccc2)CC1CCO. The number of amides is 1. The lowest BCUT2D eigenvalue weighted by Gasteiger charge is -2.17. The average Bonchev–Trinajstić information content (AvgIpc) is 3.09. The quantitative estimate of drug-likeness (QED) is 0.708. The van der Waals surface area contributed by atoms with Crippen molar-refractivity contribution in [3.05, 3.63) is 35.9 Å². The van der Waals surface area contributed by atoms with E-state index in [-0.39, 0.29) is 25.6 Å². The van der Waals surface area contributed by atoms with E-state index in [0.29, 0.717) is 12.8 Å². The molecule has 114 valence electrons. The number of carboxylic acids is 1. The van der Waals surface area contributed by atoms with Crippen LogP contribution in [0, 0.1) is 5.92 Å². The molecule has 1 aromatic carbocycles.